The number of hydrogen-bond acceptors (Lipinski definition) is 2. The van der Waals surface area contributed by atoms with E-state index in [4.69, 9.17) is 0 Å². The number of nitrogens with zero attached hydrogens (tertiary/aromatic N) is 2. The summed E-state index contributed by atoms with van der Waals surface area (Å²) in [5.74, 6) is -1.85. The van der Waals surface area contributed by atoms with Crippen LogP contribution >= 0.6 is 0 Å². The first kappa shape index (κ1) is 19.1. The fourth-order valence-corrected chi connectivity index (χ4v) is 3.20. The van der Waals surface area contributed by atoms with E-state index >= 15 is 0 Å². The van der Waals surface area contributed by atoms with Crippen molar-refractivity contribution in [2.45, 2.75) is 25.6 Å². The molecule has 1 aliphatic rings. The van der Waals surface area contributed by atoms with Crippen molar-refractivity contribution in [3.63, 3.8) is 0 Å². The third-order valence-corrected chi connectivity index (χ3v) is 4.73. The van der Waals surface area contributed by atoms with Gasteiger partial charge in [-0.05, 0) is 42.5 Å². The van der Waals surface area contributed by atoms with Crippen LogP contribution in [0.3, 0.4) is 0 Å². The number of aromatic amines is 1. The summed E-state index contributed by atoms with van der Waals surface area (Å²) in [4.78, 5) is 29.2. The molecule has 0 unspecified atom stereocenters. The van der Waals surface area contributed by atoms with Crippen LogP contribution in [0.25, 0.3) is 10.9 Å². The molecule has 0 spiro atoms. The first-order valence-electron chi connectivity index (χ1n) is 8.74. The van der Waals surface area contributed by atoms with Crippen molar-refractivity contribution < 1.29 is 22.8 Å². The second-order valence-corrected chi connectivity index (χ2v) is 6.63. The number of alkyl halides is 3. The molecule has 6 nitrogen and oxygen atoms in total. The van der Waals surface area contributed by atoms with Gasteiger partial charge in [0.25, 0.3) is 0 Å². The molecule has 1 saturated heterocycles. The van der Waals surface area contributed by atoms with Gasteiger partial charge in [0.2, 0.25) is 0 Å². The van der Waals surface area contributed by atoms with E-state index in [9.17, 15) is 22.8 Å². The van der Waals surface area contributed by atoms with Crippen LogP contribution in [0.4, 0.5) is 18.0 Å². The maximum atomic E-state index is 12.6. The van der Waals surface area contributed by atoms with E-state index in [1.807, 2.05) is 37.4 Å². The van der Waals surface area contributed by atoms with Gasteiger partial charge in [0.1, 0.15) is 0 Å². The molecule has 1 aromatic heterocycles. The summed E-state index contributed by atoms with van der Waals surface area (Å²) in [5, 5.41) is 3.91. The van der Waals surface area contributed by atoms with E-state index in [1.165, 1.54) is 4.90 Å². The molecular formula is C18H21F3N4O2. The quantitative estimate of drug-likeness (QED) is 0.838. The van der Waals surface area contributed by atoms with E-state index in [2.05, 4.69) is 10.3 Å². The summed E-state index contributed by atoms with van der Waals surface area (Å²) in [7, 11) is 0. The summed E-state index contributed by atoms with van der Waals surface area (Å²) >= 11 is 0. The van der Waals surface area contributed by atoms with Crippen LogP contribution < -0.4 is 5.32 Å². The summed E-state index contributed by atoms with van der Waals surface area (Å²) in [6.07, 6.45) is -2.75. The van der Waals surface area contributed by atoms with Gasteiger partial charge in [0.05, 0.1) is 6.04 Å². The Morgan fingerprint density at radius 3 is 2.56 bits per heavy atom. The molecular weight excluding hydrogens is 361 g/mol. The van der Waals surface area contributed by atoms with Crippen LogP contribution in [0.2, 0.25) is 0 Å². The smallest absolute Gasteiger partial charge is 0.361 e. The average Bonchev–Trinajstić information content (AvgIpc) is 2.94. The van der Waals surface area contributed by atoms with Crippen LogP contribution in [0, 0.1) is 0 Å². The van der Waals surface area contributed by atoms with Crippen LogP contribution in [-0.2, 0) is 4.79 Å². The number of rotatable bonds is 2. The number of carbonyl (C=O) groups is 2. The van der Waals surface area contributed by atoms with Gasteiger partial charge in [-0.25, -0.2) is 4.79 Å². The lowest BCUT2D eigenvalue weighted by molar-refractivity contribution is -0.185. The molecule has 0 bridgehead atoms. The molecule has 3 rings (SSSR count). The van der Waals surface area contributed by atoms with Crippen molar-refractivity contribution in [1.82, 2.24) is 20.1 Å². The van der Waals surface area contributed by atoms with E-state index in [0.29, 0.717) is 13.0 Å². The second-order valence-electron chi connectivity index (χ2n) is 6.63. The second kappa shape index (κ2) is 7.50. The first-order valence-corrected chi connectivity index (χ1v) is 8.74. The fourth-order valence-electron chi connectivity index (χ4n) is 3.20. The van der Waals surface area contributed by atoms with Crippen LogP contribution in [0.1, 0.15) is 24.9 Å². The Kier molecular flexibility index (Phi) is 5.29. The van der Waals surface area contributed by atoms with Crippen LogP contribution in [-0.4, -0.2) is 59.1 Å². The molecule has 9 heteroatoms. The monoisotopic (exact) mass is 382 g/mol. The topological polar surface area (TPSA) is 68.4 Å². The molecule has 1 aliphatic heterocycles. The van der Waals surface area contributed by atoms with E-state index in [-0.39, 0.29) is 31.7 Å². The number of amides is 3. The number of nitrogens with one attached hydrogen (secondary N) is 2. The van der Waals surface area contributed by atoms with Crippen molar-refractivity contribution in [1.29, 1.82) is 0 Å². The van der Waals surface area contributed by atoms with E-state index in [0.717, 1.165) is 21.4 Å². The first-order chi connectivity index (χ1) is 12.8. The zero-order chi connectivity index (χ0) is 19.6. The average molecular weight is 382 g/mol. The van der Waals surface area contributed by atoms with Crippen molar-refractivity contribution in [2.24, 2.45) is 0 Å². The van der Waals surface area contributed by atoms with Gasteiger partial charge >= 0.3 is 18.1 Å². The van der Waals surface area contributed by atoms with Gasteiger partial charge in [-0.15, -0.1) is 0 Å². The SMILES string of the molecule is C[C@@H](NC(=O)N1CCCN(C(=O)C(F)(F)F)CC1)c1ccc2[nH]ccc2c1. The van der Waals surface area contributed by atoms with Gasteiger partial charge in [-0.3, -0.25) is 4.79 Å². The minimum absolute atomic E-state index is 0.0121. The molecule has 27 heavy (non-hydrogen) atoms. The predicted octanol–water partition coefficient (Wildman–Crippen LogP) is 3.04. The highest BCUT2D eigenvalue weighted by Gasteiger charge is 2.42. The van der Waals surface area contributed by atoms with Crippen molar-refractivity contribution >= 4 is 22.8 Å². The maximum Gasteiger partial charge on any atom is 0.471 e. The zero-order valence-corrected chi connectivity index (χ0v) is 14.8. The normalized spacial score (nSPS) is 16.9. The summed E-state index contributed by atoms with van der Waals surface area (Å²) < 4.78 is 37.7. The predicted molar refractivity (Wildman–Crippen MR) is 94.1 cm³/mol. The van der Waals surface area contributed by atoms with Gasteiger partial charge in [-0.2, -0.15) is 13.2 Å². The number of urea groups is 1. The Hall–Kier alpha value is -2.71. The van der Waals surface area contributed by atoms with Gasteiger partial charge in [0.15, 0.2) is 0 Å². The lowest BCUT2D eigenvalue weighted by atomic mass is 10.1. The molecule has 0 radical (unpaired) electrons. The third-order valence-electron chi connectivity index (χ3n) is 4.73. The standard InChI is InChI=1S/C18H21F3N4O2/c1-12(13-3-4-15-14(11-13)5-6-22-15)23-17(27)25-8-2-7-24(9-10-25)16(26)18(19,20)21/h3-6,11-12,22H,2,7-10H2,1H3,(H,23,27)/t12-/m1/s1. The van der Waals surface area contributed by atoms with Gasteiger partial charge < -0.3 is 20.1 Å². The number of H-pyrrole nitrogens is 1. The highest BCUT2D eigenvalue weighted by Crippen LogP contribution is 2.21. The lowest BCUT2D eigenvalue weighted by Gasteiger charge is -2.25. The largest absolute Gasteiger partial charge is 0.471 e. The van der Waals surface area contributed by atoms with Crippen LogP contribution in [0.15, 0.2) is 30.5 Å². The molecule has 2 heterocycles. The molecule has 0 saturated carbocycles. The fraction of sp³-hybridized carbons (Fsp3) is 0.444. The Labute approximate surface area is 154 Å². The molecule has 3 amide bonds. The minimum atomic E-state index is -4.89. The molecule has 1 fully saturated rings. The number of benzene rings is 1. The van der Waals surface area contributed by atoms with Crippen molar-refractivity contribution in [2.75, 3.05) is 26.2 Å². The zero-order valence-electron chi connectivity index (χ0n) is 14.8. The molecule has 2 aromatic rings. The lowest BCUT2D eigenvalue weighted by Crippen LogP contribution is -2.45. The number of halogens is 3. The Morgan fingerprint density at radius 1 is 1.11 bits per heavy atom. The number of aromatic nitrogens is 1. The number of fused-ring (bicyclic) bond motifs is 1. The van der Waals surface area contributed by atoms with Crippen molar-refractivity contribution in [3.8, 4) is 0 Å². The summed E-state index contributed by atoms with van der Waals surface area (Å²) in [5.41, 5.74) is 1.93. The minimum Gasteiger partial charge on any atom is -0.361 e. The van der Waals surface area contributed by atoms with Gasteiger partial charge in [-0.1, -0.05) is 6.07 Å². The Balaban J connectivity index is 1.59. The molecule has 146 valence electrons. The maximum absolute atomic E-state index is 12.6. The number of carbonyl (C=O) groups excluding carboxylic acids is 2. The van der Waals surface area contributed by atoms with E-state index < -0.39 is 12.1 Å². The van der Waals surface area contributed by atoms with Crippen LogP contribution in [0.5, 0.6) is 0 Å². The Bertz CT molecular complexity index is 833. The molecule has 0 aliphatic carbocycles. The summed E-state index contributed by atoms with van der Waals surface area (Å²) in [6, 6.07) is 7.15. The molecule has 1 aromatic carbocycles. The molecule has 1 atom stereocenters. The molecule has 2 N–H and O–H groups in total. The van der Waals surface area contributed by atoms with Crippen molar-refractivity contribution in [3.05, 3.63) is 36.0 Å². The summed E-state index contributed by atoms with van der Waals surface area (Å²) in [6.45, 7) is 2.08. The third kappa shape index (κ3) is 4.35. The van der Waals surface area contributed by atoms with E-state index in [1.54, 1.807) is 0 Å². The highest BCUT2D eigenvalue weighted by atomic mass is 19.4. The highest BCUT2D eigenvalue weighted by molar-refractivity contribution is 5.82. The number of hydrogen-bond donors (Lipinski definition) is 2. The van der Waals surface area contributed by atoms with Gasteiger partial charge in [0, 0.05) is 37.9 Å². The Morgan fingerprint density at radius 2 is 1.81 bits per heavy atom.